The summed E-state index contributed by atoms with van der Waals surface area (Å²) >= 11 is 0. The number of anilines is 2. The number of nitriles is 1. The third-order valence-corrected chi connectivity index (χ3v) is 5.78. The molecule has 0 radical (unpaired) electrons. The molecule has 1 aliphatic heterocycles. The summed E-state index contributed by atoms with van der Waals surface area (Å²) in [4.78, 5) is 16.0. The Morgan fingerprint density at radius 3 is 2.67 bits per heavy atom. The van der Waals surface area contributed by atoms with Gasteiger partial charge in [-0.25, -0.2) is 9.97 Å². The van der Waals surface area contributed by atoms with Crippen molar-refractivity contribution in [1.29, 1.82) is 5.26 Å². The number of hydrogen-bond donors (Lipinski definition) is 1. The maximum Gasteiger partial charge on any atom is 0.209 e. The molecule has 1 N–H and O–H groups in total. The third kappa shape index (κ3) is 4.78. The number of aromatic nitrogens is 4. The van der Waals surface area contributed by atoms with Crippen LogP contribution in [0.1, 0.15) is 17.7 Å². The van der Waals surface area contributed by atoms with Gasteiger partial charge in [0.2, 0.25) is 5.95 Å². The number of ether oxygens (including phenoxy) is 1. The Balaban J connectivity index is 1.28. The van der Waals surface area contributed by atoms with Crippen molar-refractivity contribution < 1.29 is 4.74 Å². The molecule has 8 heteroatoms. The summed E-state index contributed by atoms with van der Waals surface area (Å²) < 4.78 is 7.42. The lowest BCUT2D eigenvalue weighted by Crippen LogP contribution is -2.36. The zero-order valence-corrected chi connectivity index (χ0v) is 18.3. The highest BCUT2D eigenvalue weighted by Crippen LogP contribution is 2.25. The average Bonchev–Trinajstić information content (AvgIpc) is 3.36. The third-order valence-electron chi connectivity index (χ3n) is 5.78. The van der Waals surface area contributed by atoms with Crippen LogP contribution in [0.5, 0.6) is 0 Å². The molecule has 33 heavy (non-hydrogen) atoms. The Hall–Kier alpha value is -3.96. The topological polar surface area (TPSA) is 91.4 Å². The molecule has 0 aliphatic carbocycles. The molecule has 0 amide bonds. The maximum atomic E-state index is 8.89. The normalized spacial score (nSPS) is 13.7. The van der Waals surface area contributed by atoms with Gasteiger partial charge in [-0.1, -0.05) is 12.1 Å². The maximum absolute atomic E-state index is 8.89. The van der Waals surface area contributed by atoms with Gasteiger partial charge in [-0.15, -0.1) is 0 Å². The molecule has 4 heterocycles. The van der Waals surface area contributed by atoms with Gasteiger partial charge in [-0.3, -0.25) is 9.38 Å². The molecule has 0 spiro atoms. The molecule has 3 aromatic heterocycles. The summed E-state index contributed by atoms with van der Waals surface area (Å²) in [5, 5.41) is 12.3. The zero-order chi connectivity index (χ0) is 22.5. The van der Waals surface area contributed by atoms with Crippen LogP contribution in [-0.4, -0.2) is 52.2 Å². The molecule has 0 saturated carbocycles. The van der Waals surface area contributed by atoms with Gasteiger partial charge in [0.1, 0.15) is 11.7 Å². The van der Waals surface area contributed by atoms with E-state index in [1.807, 2.05) is 22.7 Å². The monoisotopic (exact) mass is 439 g/mol. The first-order valence-corrected chi connectivity index (χ1v) is 11.2. The minimum absolute atomic E-state index is 0.582. The van der Waals surface area contributed by atoms with Crippen molar-refractivity contribution in [3.05, 3.63) is 72.3 Å². The Bertz CT molecular complexity index is 1250. The minimum Gasteiger partial charge on any atom is -0.378 e. The SMILES string of the molecule is N#Cc1ccc(CCCNc2nc(-c3ccc(N4CCOCC4)cc3)cc3nccn23)nc1. The van der Waals surface area contributed by atoms with E-state index >= 15 is 0 Å². The quantitative estimate of drug-likeness (QED) is 0.440. The summed E-state index contributed by atoms with van der Waals surface area (Å²) in [6.45, 7) is 4.14. The molecule has 8 nitrogen and oxygen atoms in total. The second-order valence-corrected chi connectivity index (χ2v) is 7.95. The predicted octanol–water partition coefficient (Wildman–Crippen LogP) is 3.54. The van der Waals surface area contributed by atoms with Crippen molar-refractivity contribution in [2.75, 3.05) is 43.1 Å². The highest BCUT2D eigenvalue weighted by Gasteiger charge is 2.12. The minimum atomic E-state index is 0.582. The van der Waals surface area contributed by atoms with Gasteiger partial charge < -0.3 is 15.0 Å². The van der Waals surface area contributed by atoms with Crippen LogP contribution in [0, 0.1) is 11.3 Å². The van der Waals surface area contributed by atoms with Crippen molar-refractivity contribution >= 4 is 17.3 Å². The lowest BCUT2D eigenvalue weighted by Gasteiger charge is -2.28. The number of pyridine rings is 1. The Morgan fingerprint density at radius 2 is 1.91 bits per heavy atom. The standard InChI is InChI=1S/C25H25N7O/c26-17-19-3-6-21(29-18-19)2-1-9-28-25-30-23(16-24-27-10-11-32(24)25)20-4-7-22(8-5-20)31-12-14-33-15-13-31/h3-8,10-11,16,18H,1-2,9,12-15H2,(H,28,30). The van der Waals surface area contributed by atoms with Crippen molar-refractivity contribution in [3.8, 4) is 17.3 Å². The van der Waals surface area contributed by atoms with E-state index in [9.17, 15) is 0 Å². The van der Waals surface area contributed by atoms with E-state index in [0.29, 0.717) is 5.56 Å². The first-order chi connectivity index (χ1) is 16.3. The fourth-order valence-electron chi connectivity index (χ4n) is 3.97. The number of rotatable bonds is 7. The Morgan fingerprint density at radius 1 is 1.06 bits per heavy atom. The van der Waals surface area contributed by atoms with Crippen molar-refractivity contribution in [2.24, 2.45) is 0 Å². The van der Waals surface area contributed by atoms with Crippen LogP contribution in [0.25, 0.3) is 16.9 Å². The lowest BCUT2D eigenvalue weighted by atomic mass is 10.1. The van der Waals surface area contributed by atoms with Gasteiger partial charge in [0.25, 0.3) is 0 Å². The average molecular weight is 440 g/mol. The Labute approximate surface area is 192 Å². The number of fused-ring (bicyclic) bond motifs is 1. The van der Waals surface area contributed by atoms with E-state index in [-0.39, 0.29) is 0 Å². The molecule has 5 rings (SSSR count). The molecule has 1 aromatic carbocycles. The second-order valence-electron chi connectivity index (χ2n) is 7.95. The Kier molecular flexibility index (Phi) is 6.13. The van der Waals surface area contributed by atoms with Gasteiger partial charge >= 0.3 is 0 Å². The highest BCUT2D eigenvalue weighted by atomic mass is 16.5. The van der Waals surface area contributed by atoms with E-state index in [1.165, 1.54) is 5.69 Å². The molecule has 0 bridgehead atoms. The number of hydrogen-bond acceptors (Lipinski definition) is 7. The molecule has 4 aromatic rings. The van der Waals surface area contributed by atoms with Gasteiger partial charge in [-0.05, 0) is 37.1 Å². The molecule has 166 valence electrons. The summed E-state index contributed by atoms with van der Waals surface area (Å²) in [6, 6.07) is 16.4. The summed E-state index contributed by atoms with van der Waals surface area (Å²) in [5.41, 5.74) is 5.57. The molecule has 0 atom stereocenters. The lowest BCUT2D eigenvalue weighted by molar-refractivity contribution is 0.122. The predicted molar refractivity (Wildman–Crippen MR) is 127 cm³/mol. The van der Waals surface area contributed by atoms with E-state index in [0.717, 1.165) is 74.2 Å². The van der Waals surface area contributed by atoms with E-state index in [4.69, 9.17) is 15.0 Å². The van der Waals surface area contributed by atoms with Gasteiger partial charge in [0.05, 0.1) is 24.5 Å². The second kappa shape index (κ2) is 9.67. The first-order valence-electron chi connectivity index (χ1n) is 11.2. The largest absolute Gasteiger partial charge is 0.378 e. The van der Waals surface area contributed by atoms with Crippen molar-refractivity contribution in [2.45, 2.75) is 12.8 Å². The molecule has 1 fully saturated rings. The number of morpholine rings is 1. The van der Waals surface area contributed by atoms with Crippen LogP contribution in [0.2, 0.25) is 0 Å². The molecular weight excluding hydrogens is 414 g/mol. The highest BCUT2D eigenvalue weighted by molar-refractivity contribution is 5.68. The number of imidazole rings is 1. The van der Waals surface area contributed by atoms with Crippen LogP contribution in [-0.2, 0) is 11.2 Å². The smallest absolute Gasteiger partial charge is 0.209 e. The first kappa shape index (κ1) is 20.9. The number of aryl methyl sites for hydroxylation is 1. The van der Waals surface area contributed by atoms with Gasteiger partial charge in [0.15, 0.2) is 0 Å². The summed E-state index contributed by atoms with van der Waals surface area (Å²) in [7, 11) is 0. The fraction of sp³-hybridized carbons (Fsp3) is 0.280. The number of nitrogens with one attached hydrogen (secondary N) is 1. The van der Waals surface area contributed by atoms with Crippen LogP contribution in [0.15, 0.2) is 61.1 Å². The van der Waals surface area contributed by atoms with Crippen LogP contribution >= 0.6 is 0 Å². The van der Waals surface area contributed by atoms with E-state index in [1.54, 1.807) is 18.5 Å². The van der Waals surface area contributed by atoms with Crippen LogP contribution < -0.4 is 10.2 Å². The van der Waals surface area contributed by atoms with Crippen molar-refractivity contribution in [3.63, 3.8) is 0 Å². The number of benzene rings is 1. The molecular formula is C25H25N7O. The number of nitrogens with zero attached hydrogens (tertiary/aromatic N) is 6. The van der Waals surface area contributed by atoms with Crippen molar-refractivity contribution in [1.82, 2.24) is 19.4 Å². The molecule has 0 unspecified atom stereocenters. The van der Waals surface area contributed by atoms with Crippen LogP contribution in [0.3, 0.4) is 0 Å². The summed E-state index contributed by atoms with van der Waals surface area (Å²) in [5.74, 6) is 0.769. The van der Waals surface area contributed by atoms with E-state index in [2.05, 4.69) is 50.5 Å². The van der Waals surface area contributed by atoms with E-state index < -0.39 is 0 Å². The molecule has 1 aliphatic rings. The van der Waals surface area contributed by atoms with Crippen LogP contribution in [0.4, 0.5) is 11.6 Å². The van der Waals surface area contributed by atoms with Gasteiger partial charge in [0, 0.05) is 61.2 Å². The summed E-state index contributed by atoms with van der Waals surface area (Å²) in [6.07, 6.45) is 7.04. The molecule has 1 saturated heterocycles. The zero-order valence-electron chi connectivity index (χ0n) is 18.3. The van der Waals surface area contributed by atoms with Gasteiger partial charge in [-0.2, -0.15) is 5.26 Å². The fourth-order valence-corrected chi connectivity index (χ4v) is 3.97.